The van der Waals surface area contributed by atoms with Gasteiger partial charge >= 0.3 is 5.97 Å². The molecule has 254 valence electrons. The van der Waals surface area contributed by atoms with Crippen LogP contribution in [0.1, 0.15) is 54.2 Å². The summed E-state index contributed by atoms with van der Waals surface area (Å²) in [6.45, 7) is 6.68. The van der Waals surface area contributed by atoms with Crippen LogP contribution in [0.3, 0.4) is 0 Å². The number of ether oxygens (including phenoxy) is 6. The first-order valence-electron chi connectivity index (χ1n) is 16.6. The molecule has 1 N–H and O–H groups in total. The first-order chi connectivity index (χ1) is 23.3. The first-order valence-corrected chi connectivity index (χ1v) is 16.6. The Hall–Kier alpha value is -4.05. The molecular weight excluding hydrogens is 608 g/mol. The van der Waals surface area contributed by atoms with E-state index in [0.717, 1.165) is 23.1 Å². The summed E-state index contributed by atoms with van der Waals surface area (Å²) in [6.07, 6.45) is -2.86. The Morgan fingerprint density at radius 1 is 0.688 bits per heavy atom. The Balaban J connectivity index is 1.43. The Bertz CT molecular complexity index is 1510. The van der Waals surface area contributed by atoms with E-state index in [-0.39, 0.29) is 26.4 Å². The van der Waals surface area contributed by atoms with Gasteiger partial charge in [0.25, 0.3) is 0 Å². The summed E-state index contributed by atoms with van der Waals surface area (Å²) in [7, 11) is 0. The molecule has 1 aliphatic heterocycles. The van der Waals surface area contributed by atoms with Crippen molar-refractivity contribution in [2.75, 3.05) is 13.2 Å². The second-order valence-corrected chi connectivity index (χ2v) is 12.5. The number of benzene rings is 4. The van der Waals surface area contributed by atoms with Crippen molar-refractivity contribution in [3.05, 3.63) is 138 Å². The van der Waals surface area contributed by atoms with Crippen LogP contribution < -0.4 is 4.74 Å². The zero-order valence-corrected chi connectivity index (χ0v) is 27.9. The second kappa shape index (κ2) is 17.4. The van der Waals surface area contributed by atoms with E-state index in [0.29, 0.717) is 17.9 Å². The highest BCUT2D eigenvalue weighted by atomic mass is 16.6. The summed E-state index contributed by atoms with van der Waals surface area (Å²) in [5.41, 5.74) is 1.96. The predicted molar refractivity (Wildman–Crippen MR) is 183 cm³/mol. The molecule has 1 saturated heterocycles. The minimum absolute atomic E-state index is 0.129. The lowest BCUT2D eigenvalue weighted by molar-refractivity contribution is -0.295. The van der Waals surface area contributed by atoms with E-state index >= 15 is 0 Å². The summed E-state index contributed by atoms with van der Waals surface area (Å²) in [5.74, 6) is 0.179. The van der Waals surface area contributed by atoms with Crippen LogP contribution in [0.25, 0.3) is 0 Å². The number of esters is 1. The summed E-state index contributed by atoms with van der Waals surface area (Å²) in [6, 6.07) is 36.3. The molecular formula is C40H46O8. The Morgan fingerprint density at radius 3 is 1.65 bits per heavy atom. The minimum atomic E-state index is -1.34. The number of hydrogen-bond donors (Lipinski definition) is 1. The van der Waals surface area contributed by atoms with Gasteiger partial charge in [-0.1, -0.05) is 97.9 Å². The van der Waals surface area contributed by atoms with Crippen molar-refractivity contribution >= 4 is 5.97 Å². The van der Waals surface area contributed by atoms with Crippen LogP contribution >= 0.6 is 0 Å². The molecule has 1 aliphatic rings. The maximum absolute atomic E-state index is 13.2. The second-order valence-electron chi connectivity index (χ2n) is 12.5. The number of rotatable bonds is 16. The van der Waals surface area contributed by atoms with Crippen molar-refractivity contribution in [1.82, 2.24) is 0 Å². The predicted octanol–water partition coefficient (Wildman–Crippen LogP) is 6.93. The average Bonchev–Trinajstić information content (AvgIpc) is 3.11. The molecule has 0 radical (unpaired) electrons. The summed E-state index contributed by atoms with van der Waals surface area (Å²) < 4.78 is 37.9. The maximum atomic E-state index is 13.2. The Morgan fingerprint density at radius 2 is 1.17 bits per heavy atom. The van der Waals surface area contributed by atoms with Crippen molar-refractivity contribution < 1.29 is 38.3 Å². The molecule has 0 saturated carbocycles. The van der Waals surface area contributed by atoms with Gasteiger partial charge < -0.3 is 33.5 Å². The molecule has 48 heavy (non-hydrogen) atoms. The summed E-state index contributed by atoms with van der Waals surface area (Å²) in [4.78, 5) is 13.2. The maximum Gasteiger partial charge on any atom is 0.338 e. The topological polar surface area (TPSA) is 92.7 Å². The molecule has 5 rings (SSSR count). The van der Waals surface area contributed by atoms with Crippen molar-refractivity contribution in [3.63, 3.8) is 0 Å². The quantitative estimate of drug-likeness (QED) is 0.130. The van der Waals surface area contributed by atoms with Crippen LogP contribution in [0.2, 0.25) is 0 Å². The lowest BCUT2D eigenvalue weighted by Gasteiger charge is -2.49. The largest absolute Gasteiger partial charge is 0.494 e. The van der Waals surface area contributed by atoms with Gasteiger partial charge in [0.2, 0.25) is 0 Å². The van der Waals surface area contributed by atoms with Crippen molar-refractivity contribution in [2.24, 2.45) is 0 Å². The normalized spacial score (nSPS) is 21.0. The molecule has 5 atom stereocenters. The van der Waals surface area contributed by atoms with Gasteiger partial charge in [-0.3, -0.25) is 0 Å². The van der Waals surface area contributed by atoms with E-state index < -0.39 is 42.1 Å². The average molecular weight is 655 g/mol. The van der Waals surface area contributed by atoms with Crippen LogP contribution in [0.15, 0.2) is 115 Å². The van der Waals surface area contributed by atoms with Crippen LogP contribution in [0.5, 0.6) is 5.75 Å². The third-order valence-electron chi connectivity index (χ3n) is 8.13. The highest BCUT2D eigenvalue weighted by Gasteiger charge is 2.53. The highest BCUT2D eigenvalue weighted by Crippen LogP contribution is 2.35. The lowest BCUT2D eigenvalue weighted by Crippen LogP contribution is -2.65. The fraction of sp³-hybridized carbons (Fsp3) is 0.375. The molecule has 0 aliphatic carbocycles. The summed E-state index contributed by atoms with van der Waals surface area (Å²) in [5, 5.41) is 11.4. The van der Waals surface area contributed by atoms with Gasteiger partial charge in [-0.05, 0) is 61.2 Å². The van der Waals surface area contributed by atoms with Gasteiger partial charge in [-0.2, -0.15) is 0 Å². The van der Waals surface area contributed by atoms with Crippen LogP contribution in [-0.2, 0) is 43.5 Å². The van der Waals surface area contributed by atoms with Gasteiger partial charge in [0.1, 0.15) is 42.9 Å². The smallest absolute Gasteiger partial charge is 0.338 e. The van der Waals surface area contributed by atoms with E-state index in [2.05, 4.69) is 0 Å². The third kappa shape index (κ3) is 9.98. The molecule has 8 heteroatoms. The van der Waals surface area contributed by atoms with Gasteiger partial charge in [-0.25, -0.2) is 4.79 Å². The highest BCUT2D eigenvalue weighted by molar-refractivity contribution is 5.89. The third-order valence-corrected chi connectivity index (χ3v) is 8.13. The summed E-state index contributed by atoms with van der Waals surface area (Å²) >= 11 is 0. The first kappa shape index (κ1) is 35.3. The molecule has 1 fully saturated rings. The SMILES string of the molecule is CCCOc1ccc(C(=O)OCC2OC(C(C)(C)O)C(OCc3ccccc3)C(OCc3ccccc3)C2OCc2ccccc2)cc1. The lowest BCUT2D eigenvalue weighted by atomic mass is 9.86. The number of aliphatic hydroxyl groups is 1. The standard InChI is InChI=1S/C40H46O8/c1-4-24-43-33-22-20-32(21-23-33)39(41)47-28-34-35(44-25-29-14-8-5-9-15-29)36(45-26-30-16-10-6-11-17-30)37(38(48-34)40(2,3)42)46-27-31-18-12-7-13-19-31/h5-23,34-38,42H,4,24-28H2,1-3H3. The van der Waals surface area contributed by atoms with Gasteiger partial charge in [0.05, 0.1) is 37.6 Å². The zero-order valence-electron chi connectivity index (χ0n) is 27.9. The molecule has 0 spiro atoms. The Labute approximate surface area is 283 Å². The van der Waals surface area contributed by atoms with E-state index in [4.69, 9.17) is 28.4 Å². The molecule has 8 nitrogen and oxygen atoms in total. The van der Waals surface area contributed by atoms with Gasteiger partial charge in [-0.15, -0.1) is 0 Å². The van der Waals surface area contributed by atoms with Gasteiger partial charge in [0, 0.05) is 0 Å². The van der Waals surface area contributed by atoms with Crippen LogP contribution in [-0.4, -0.2) is 60.4 Å². The molecule has 4 aromatic rings. The fourth-order valence-electron chi connectivity index (χ4n) is 5.64. The Kier molecular flexibility index (Phi) is 12.8. The molecule has 0 amide bonds. The van der Waals surface area contributed by atoms with Crippen molar-refractivity contribution in [2.45, 2.75) is 83.1 Å². The monoisotopic (exact) mass is 654 g/mol. The molecule has 5 unspecified atom stereocenters. The van der Waals surface area contributed by atoms with Crippen LogP contribution in [0.4, 0.5) is 0 Å². The van der Waals surface area contributed by atoms with Crippen molar-refractivity contribution in [1.29, 1.82) is 0 Å². The minimum Gasteiger partial charge on any atom is -0.494 e. The van der Waals surface area contributed by atoms with Crippen molar-refractivity contribution in [3.8, 4) is 5.75 Å². The number of carbonyl (C=O) groups is 1. The zero-order chi connectivity index (χ0) is 33.8. The molecule has 0 bridgehead atoms. The van der Waals surface area contributed by atoms with E-state index in [1.165, 1.54) is 0 Å². The fourth-order valence-corrected chi connectivity index (χ4v) is 5.64. The van der Waals surface area contributed by atoms with E-state index in [9.17, 15) is 9.90 Å². The van der Waals surface area contributed by atoms with Crippen LogP contribution in [0, 0.1) is 0 Å². The number of carbonyl (C=O) groups excluding carboxylic acids is 1. The van der Waals surface area contributed by atoms with E-state index in [1.54, 1.807) is 38.1 Å². The number of hydrogen-bond acceptors (Lipinski definition) is 8. The molecule has 1 heterocycles. The molecule has 0 aromatic heterocycles. The van der Waals surface area contributed by atoms with E-state index in [1.807, 2.05) is 97.9 Å². The molecule has 4 aromatic carbocycles. The van der Waals surface area contributed by atoms with Gasteiger partial charge in [0.15, 0.2) is 0 Å².